The van der Waals surface area contributed by atoms with Crippen LogP contribution in [0.25, 0.3) is 11.0 Å². The molecule has 1 aliphatic rings. The molecule has 4 rings (SSSR count). The molecule has 2 heterocycles. The fraction of sp³-hybridized carbons (Fsp3) is 0.423. The van der Waals surface area contributed by atoms with Crippen molar-refractivity contribution in [3.05, 3.63) is 63.0 Å². The molecule has 1 saturated heterocycles. The highest BCUT2D eigenvalue weighted by Gasteiger charge is 2.15. The lowest BCUT2D eigenvalue weighted by atomic mass is 10.1. The Morgan fingerprint density at radius 1 is 1.06 bits per heavy atom. The molecule has 1 aliphatic heterocycles. The zero-order chi connectivity index (χ0) is 23.4. The Hall–Kier alpha value is -2.25. The van der Waals surface area contributed by atoms with Crippen molar-refractivity contribution in [3.8, 4) is 17.2 Å². The van der Waals surface area contributed by atoms with E-state index in [0.29, 0.717) is 34.0 Å². The summed E-state index contributed by atoms with van der Waals surface area (Å²) in [6.07, 6.45) is 5.62. The van der Waals surface area contributed by atoms with E-state index < -0.39 is 6.10 Å². The fourth-order valence-electron chi connectivity index (χ4n) is 4.21. The van der Waals surface area contributed by atoms with Gasteiger partial charge in [-0.3, -0.25) is 4.79 Å². The number of aliphatic hydroxyl groups excluding tert-OH is 1. The maximum atomic E-state index is 12.9. The van der Waals surface area contributed by atoms with Crippen molar-refractivity contribution in [1.82, 2.24) is 4.90 Å². The minimum absolute atomic E-state index is 0. The highest BCUT2D eigenvalue weighted by Crippen LogP contribution is 2.29. The van der Waals surface area contributed by atoms with Crippen LogP contribution in [-0.2, 0) is 0 Å². The van der Waals surface area contributed by atoms with Crippen molar-refractivity contribution >= 4 is 35.0 Å². The summed E-state index contributed by atoms with van der Waals surface area (Å²) in [7, 11) is 0. The molecule has 34 heavy (non-hydrogen) atoms. The van der Waals surface area contributed by atoms with E-state index in [1.54, 1.807) is 30.3 Å². The monoisotopic (exact) mass is 507 g/mol. The van der Waals surface area contributed by atoms with Gasteiger partial charge in [0, 0.05) is 17.6 Å². The molecule has 184 valence electrons. The number of nitrogens with zero attached hydrogens (tertiary/aromatic N) is 1. The van der Waals surface area contributed by atoms with E-state index in [4.69, 9.17) is 25.5 Å². The van der Waals surface area contributed by atoms with Crippen molar-refractivity contribution in [1.29, 1.82) is 0 Å². The Morgan fingerprint density at radius 2 is 1.74 bits per heavy atom. The predicted molar refractivity (Wildman–Crippen MR) is 137 cm³/mol. The minimum atomic E-state index is -0.576. The third-order valence-electron chi connectivity index (χ3n) is 5.96. The summed E-state index contributed by atoms with van der Waals surface area (Å²) in [6, 6.07) is 8.59. The van der Waals surface area contributed by atoms with Crippen molar-refractivity contribution < 1.29 is 19.0 Å². The first-order valence-corrected chi connectivity index (χ1v) is 11.8. The first kappa shape index (κ1) is 26.4. The molecule has 6 nitrogen and oxygen atoms in total. The van der Waals surface area contributed by atoms with Crippen molar-refractivity contribution in [2.75, 3.05) is 26.2 Å². The van der Waals surface area contributed by atoms with Crippen LogP contribution in [0.3, 0.4) is 0 Å². The van der Waals surface area contributed by atoms with Crippen LogP contribution in [0.1, 0.15) is 36.8 Å². The number of hydrogen-bond acceptors (Lipinski definition) is 6. The normalized spacial score (nSPS) is 15.4. The molecular formula is C26H31Cl2NO5. The second kappa shape index (κ2) is 11.9. The van der Waals surface area contributed by atoms with Gasteiger partial charge < -0.3 is 23.9 Å². The first-order chi connectivity index (χ1) is 15.9. The third-order valence-corrected chi connectivity index (χ3v) is 6.56. The van der Waals surface area contributed by atoms with Gasteiger partial charge in [0.1, 0.15) is 36.1 Å². The third kappa shape index (κ3) is 6.45. The summed E-state index contributed by atoms with van der Waals surface area (Å²) in [5.41, 5.74) is 1.87. The van der Waals surface area contributed by atoms with Crippen molar-refractivity contribution in [2.45, 2.75) is 45.6 Å². The van der Waals surface area contributed by atoms with Crippen LogP contribution >= 0.6 is 24.0 Å². The average molecular weight is 508 g/mol. The Bertz CT molecular complexity index is 1150. The number of likely N-dealkylation sites (tertiary alicyclic amines) is 1. The van der Waals surface area contributed by atoms with Gasteiger partial charge in [0.05, 0.1) is 5.39 Å². The van der Waals surface area contributed by atoms with Crippen LogP contribution in [0.5, 0.6) is 17.2 Å². The molecule has 8 heteroatoms. The maximum Gasteiger partial charge on any atom is 0.235 e. The molecule has 0 saturated carbocycles. The van der Waals surface area contributed by atoms with E-state index >= 15 is 0 Å². The van der Waals surface area contributed by atoms with Gasteiger partial charge in [0.25, 0.3) is 0 Å². The number of benzene rings is 2. The molecule has 2 aromatic carbocycles. The van der Waals surface area contributed by atoms with Crippen LogP contribution in [0, 0.1) is 13.8 Å². The number of aliphatic hydroxyl groups is 1. The van der Waals surface area contributed by atoms with Crippen LogP contribution < -0.4 is 14.9 Å². The fourth-order valence-corrected chi connectivity index (χ4v) is 4.31. The minimum Gasteiger partial charge on any atom is -0.491 e. The van der Waals surface area contributed by atoms with E-state index in [2.05, 4.69) is 4.90 Å². The zero-order valence-electron chi connectivity index (χ0n) is 19.5. The number of aryl methyl sites for hydroxylation is 2. The highest BCUT2D eigenvalue weighted by molar-refractivity contribution is 6.32. The van der Waals surface area contributed by atoms with Gasteiger partial charge in [-0.15, -0.1) is 12.4 Å². The van der Waals surface area contributed by atoms with Crippen LogP contribution in [-0.4, -0.2) is 42.4 Å². The van der Waals surface area contributed by atoms with Gasteiger partial charge >= 0.3 is 0 Å². The lowest BCUT2D eigenvalue weighted by Crippen LogP contribution is -2.36. The molecule has 0 aliphatic carbocycles. The van der Waals surface area contributed by atoms with Crippen molar-refractivity contribution in [2.24, 2.45) is 0 Å². The maximum absolute atomic E-state index is 12.9. The molecule has 0 bridgehead atoms. The summed E-state index contributed by atoms with van der Waals surface area (Å²) in [4.78, 5) is 15.2. The summed E-state index contributed by atoms with van der Waals surface area (Å²) in [5, 5.41) is 11.5. The molecule has 1 atom stereocenters. The van der Waals surface area contributed by atoms with Gasteiger partial charge in [-0.05, 0) is 75.2 Å². The molecule has 1 unspecified atom stereocenters. The van der Waals surface area contributed by atoms with Gasteiger partial charge in [0.2, 0.25) is 11.2 Å². The topological polar surface area (TPSA) is 72.1 Å². The Balaban J connectivity index is 0.00000324. The van der Waals surface area contributed by atoms with Crippen LogP contribution in [0.4, 0.5) is 0 Å². The second-order valence-corrected chi connectivity index (χ2v) is 9.12. The molecule has 1 N–H and O–H groups in total. The number of fused-ring (bicyclic) bond motifs is 1. The number of hydrogen-bond donors (Lipinski definition) is 1. The molecule has 0 radical (unpaired) electrons. The number of halogens is 2. The molecule has 1 fully saturated rings. The molecule has 3 aromatic rings. The van der Waals surface area contributed by atoms with E-state index in [9.17, 15) is 9.90 Å². The van der Waals surface area contributed by atoms with Gasteiger partial charge in [-0.25, -0.2) is 0 Å². The van der Waals surface area contributed by atoms with E-state index in [0.717, 1.165) is 24.2 Å². The number of rotatable bonds is 7. The number of ether oxygens (including phenoxy) is 2. The van der Waals surface area contributed by atoms with Gasteiger partial charge in [-0.2, -0.15) is 0 Å². The first-order valence-electron chi connectivity index (χ1n) is 11.4. The number of β-amino-alcohol motifs (C(OH)–C–C–N with tert-alkyl or cyclic N) is 1. The summed E-state index contributed by atoms with van der Waals surface area (Å²) in [5.74, 6) is 1.17. The van der Waals surface area contributed by atoms with Crippen LogP contribution in [0.2, 0.25) is 5.02 Å². The quantitative estimate of drug-likeness (QED) is 0.429. The Labute approximate surface area is 210 Å². The van der Waals surface area contributed by atoms with Crippen LogP contribution in [0.15, 0.2) is 45.8 Å². The lowest BCUT2D eigenvalue weighted by molar-refractivity contribution is 0.0694. The van der Waals surface area contributed by atoms with Gasteiger partial charge in [0.15, 0.2) is 0 Å². The van der Waals surface area contributed by atoms with E-state index in [1.807, 2.05) is 13.8 Å². The predicted octanol–water partition coefficient (Wildman–Crippen LogP) is 5.89. The molecular weight excluding hydrogens is 477 g/mol. The molecule has 0 spiro atoms. The highest BCUT2D eigenvalue weighted by atomic mass is 35.5. The van der Waals surface area contributed by atoms with Gasteiger partial charge in [-0.1, -0.05) is 24.4 Å². The SMILES string of the molecule is Cc1cc(Oc2coc3cc(OCC(O)CN4CCCCCC4)ccc3c2=O)cc(C)c1Cl.Cl. The summed E-state index contributed by atoms with van der Waals surface area (Å²) in [6.45, 7) is 6.61. The average Bonchev–Trinajstić information content (AvgIpc) is 3.06. The standard InChI is InChI=1S/C26H30ClNO5.ClH/c1-17-11-21(12-18(2)25(17)27)33-24-16-32-23-13-20(7-8-22(23)26(24)30)31-15-19(29)14-28-9-5-3-4-6-10-28;/h7-8,11-13,16,19,29H,3-6,9-10,14-15H2,1-2H3;1H. The molecule has 0 amide bonds. The lowest BCUT2D eigenvalue weighted by Gasteiger charge is -2.23. The zero-order valence-corrected chi connectivity index (χ0v) is 21.1. The largest absolute Gasteiger partial charge is 0.491 e. The summed E-state index contributed by atoms with van der Waals surface area (Å²) >= 11 is 6.21. The Kier molecular flexibility index (Phi) is 9.25. The summed E-state index contributed by atoms with van der Waals surface area (Å²) < 4.78 is 17.2. The van der Waals surface area contributed by atoms with Crippen molar-refractivity contribution in [3.63, 3.8) is 0 Å². The van der Waals surface area contributed by atoms with E-state index in [1.165, 1.54) is 31.9 Å². The van der Waals surface area contributed by atoms with E-state index in [-0.39, 0.29) is 30.2 Å². The molecule has 1 aromatic heterocycles. The Morgan fingerprint density at radius 3 is 2.41 bits per heavy atom. The smallest absolute Gasteiger partial charge is 0.235 e. The second-order valence-electron chi connectivity index (χ2n) is 8.74.